The summed E-state index contributed by atoms with van der Waals surface area (Å²) < 4.78 is 5.92. The minimum absolute atomic E-state index is 0.205. The average Bonchev–Trinajstić information content (AvgIpc) is 2.90. The van der Waals surface area contributed by atoms with E-state index in [2.05, 4.69) is 0 Å². The number of thioether (sulfide) groups is 1. The Kier molecular flexibility index (Phi) is 5.29. The highest BCUT2D eigenvalue weighted by Crippen LogP contribution is 2.37. The average molecular weight is 386 g/mol. The summed E-state index contributed by atoms with van der Waals surface area (Å²) in [7, 11) is 0. The third-order valence-electron chi connectivity index (χ3n) is 4.06. The molecule has 1 heterocycles. The van der Waals surface area contributed by atoms with Crippen molar-refractivity contribution in [3.63, 3.8) is 0 Å². The number of carbonyl (C=O) groups is 2. The number of nitrogens with zero attached hydrogens (tertiary/aromatic N) is 1. The minimum Gasteiger partial charge on any atom is -0.548 e. The smallest absolute Gasteiger partial charge is 0.266 e. The molecule has 7 heteroatoms. The number of hydrogen-bond donors (Lipinski definition) is 0. The summed E-state index contributed by atoms with van der Waals surface area (Å²) in [6, 6.07) is 10.5. The van der Waals surface area contributed by atoms with E-state index < -0.39 is 17.9 Å². The zero-order valence-electron chi connectivity index (χ0n) is 14.2. The second-order valence-electron chi connectivity index (χ2n) is 5.68. The Labute approximate surface area is 160 Å². The molecule has 1 fully saturated rings. The number of hydrogen-bond acceptors (Lipinski definition) is 6. The Morgan fingerprint density at radius 1 is 1.35 bits per heavy atom. The number of carboxylic acids is 1. The molecular weight excluding hydrogens is 370 g/mol. The number of aliphatic carboxylic acids is 1. The van der Waals surface area contributed by atoms with Crippen LogP contribution in [0.3, 0.4) is 0 Å². The van der Waals surface area contributed by atoms with Crippen LogP contribution in [0, 0.1) is 0 Å². The maximum absolute atomic E-state index is 12.7. The summed E-state index contributed by atoms with van der Waals surface area (Å²) in [6.07, 6.45) is 1.72. The first-order valence-corrected chi connectivity index (χ1v) is 9.29. The molecule has 0 unspecified atom stereocenters. The standard InChI is InChI=1S/C19H17NO4S2/c1-3-24-15-9-8-12-6-4-5-7-13(12)14(15)10-16-17(21)20(19(25)26-16)11(2)18(22)23/h4-11H,3H2,1-2H3,(H,22,23)/p-1/b16-10-/t11-/m1/s1. The molecule has 0 spiro atoms. The number of ether oxygens (including phenoxy) is 1. The lowest BCUT2D eigenvalue weighted by atomic mass is 10.0. The first kappa shape index (κ1) is 18.4. The maximum atomic E-state index is 12.7. The molecule has 5 nitrogen and oxygen atoms in total. The molecule has 0 radical (unpaired) electrons. The molecule has 26 heavy (non-hydrogen) atoms. The van der Waals surface area contributed by atoms with E-state index in [1.54, 1.807) is 6.08 Å². The molecule has 0 N–H and O–H groups in total. The van der Waals surface area contributed by atoms with Crippen LogP contribution in [-0.4, -0.2) is 33.7 Å². The van der Waals surface area contributed by atoms with E-state index in [9.17, 15) is 14.7 Å². The normalized spacial score (nSPS) is 17.2. The lowest BCUT2D eigenvalue weighted by Gasteiger charge is -2.23. The molecule has 134 valence electrons. The van der Waals surface area contributed by atoms with Crippen LogP contribution in [0.1, 0.15) is 19.4 Å². The molecule has 1 amide bonds. The number of carbonyl (C=O) groups excluding carboxylic acids is 2. The van der Waals surface area contributed by atoms with E-state index in [1.165, 1.54) is 6.92 Å². The SMILES string of the molecule is CCOc1ccc2ccccc2c1/C=C1\SC(=S)N([C@H](C)C(=O)[O-])C1=O. The minimum atomic E-state index is -1.34. The summed E-state index contributed by atoms with van der Waals surface area (Å²) in [5.74, 6) is -1.13. The lowest BCUT2D eigenvalue weighted by Crippen LogP contribution is -2.48. The van der Waals surface area contributed by atoms with Gasteiger partial charge in [-0.1, -0.05) is 54.3 Å². The van der Waals surface area contributed by atoms with Crippen molar-refractivity contribution < 1.29 is 19.4 Å². The molecule has 1 aliphatic heterocycles. The van der Waals surface area contributed by atoms with Gasteiger partial charge in [-0.25, -0.2) is 0 Å². The van der Waals surface area contributed by atoms with E-state index in [1.807, 2.05) is 43.3 Å². The van der Waals surface area contributed by atoms with Crippen LogP contribution in [0.2, 0.25) is 0 Å². The second-order valence-corrected chi connectivity index (χ2v) is 7.35. The molecule has 0 bridgehead atoms. The number of amides is 1. The quantitative estimate of drug-likeness (QED) is 0.581. The van der Waals surface area contributed by atoms with Crippen molar-refractivity contribution in [2.75, 3.05) is 6.61 Å². The third kappa shape index (κ3) is 3.32. The predicted molar refractivity (Wildman–Crippen MR) is 105 cm³/mol. The van der Waals surface area contributed by atoms with Crippen molar-refractivity contribution >= 4 is 57.0 Å². The van der Waals surface area contributed by atoms with Crippen LogP contribution in [-0.2, 0) is 9.59 Å². The van der Waals surface area contributed by atoms with Gasteiger partial charge in [0.2, 0.25) is 0 Å². The number of thiocarbonyl (C=S) groups is 1. The Balaban J connectivity index is 2.10. The van der Waals surface area contributed by atoms with Crippen molar-refractivity contribution in [1.29, 1.82) is 0 Å². The number of fused-ring (bicyclic) bond motifs is 1. The van der Waals surface area contributed by atoms with Gasteiger partial charge in [0, 0.05) is 5.56 Å². The predicted octanol–water partition coefficient (Wildman–Crippen LogP) is 2.58. The fourth-order valence-electron chi connectivity index (χ4n) is 2.76. The lowest BCUT2D eigenvalue weighted by molar-refractivity contribution is -0.309. The fraction of sp³-hybridized carbons (Fsp3) is 0.211. The molecule has 1 aliphatic rings. The molecule has 1 atom stereocenters. The first-order chi connectivity index (χ1) is 12.4. The largest absolute Gasteiger partial charge is 0.548 e. The fourth-order valence-corrected chi connectivity index (χ4v) is 4.16. The Bertz CT molecular complexity index is 938. The van der Waals surface area contributed by atoms with Crippen molar-refractivity contribution in [2.24, 2.45) is 0 Å². The number of carboxylic acid groups (broad SMARTS) is 1. The van der Waals surface area contributed by atoms with Crippen LogP contribution in [0.15, 0.2) is 41.3 Å². The molecule has 0 saturated carbocycles. The van der Waals surface area contributed by atoms with Crippen LogP contribution in [0.5, 0.6) is 5.75 Å². The van der Waals surface area contributed by atoms with Gasteiger partial charge in [0.05, 0.1) is 23.5 Å². The van der Waals surface area contributed by atoms with Crippen molar-refractivity contribution in [3.8, 4) is 5.75 Å². The van der Waals surface area contributed by atoms with Gasteiger partial charge in [0.1, 0.15) is 10.1 Å². The number of rotatable bonds is 5. The number of benzene rings is 2. The van der Waals surface area contributed by atoms with Crippen LogP contribution in [0.4, 0.5) is 0 Å². The van der Waals surface area contributed by atoms with Crippen LogP contribution in [0.25, 0.3) is 16.8 Å². The highest BCUT2D eigenvalue weighted by molar-refractivity contribution is 8.26. The summed E-state index contributed by atoms with van der Waals surface area (Å²) in [6.45, 7) is 3.76. The monoisotopic (exact) mass is 386 g/mol. The Morgan fingerprint density at radius 2 is 2.08 bits per heavy atom. The summed E-state index contributed by atoms with van der Waals surface area (Å²) in [5, 5.41) is 13.1. The summed E-state index contributed by atoms with van der Waals surface area (Å²) in [5.41, 5.74) is 0.770. The Hall–Kier alpha value is -2.38. The van der Waals surface area contributed by atoms with Gasteiger partial charge in [-0.2, -0.15) is 0 Å². The van der Waals surface area contributed by atoms with E-state index in [0.29, 0.717) is 17.3 Å². The van der Waals surface area contributed by atoms with E-state index in [4.69, 9.17) is 17.0 Å². The van der Waals surface area contributed by atoms with Crippen molar-refractivity contribution in [2.45, 2.75) is 19.9 Å². The van der Waals surface area contributed by atoms with Crippen molar-refractivity contribution in [3.05, 3.63) is 46.9 Å². The van der Waals surface area contributed by atoms with E-state index >= 15 is 0 Å². The third-order valence-corrected chi connectivity index (χ3v) is 5.39. The summed E-state index contributed by atoms with van der Waals surface area (Å²) in [4.78, 5) is 25.3. The molecule has 1 saturated heterocycles. The molecule has 3 rings (SSSR count). The zero-order chi connectivity index (χ0) is 18.8. The molecule has 0 aliphatic carbocycles. The molecule has 2 aromatic carbocycles. The highest BCUT2D eigenvalue weighted by atomic mass is 32.2. The molecule has 0 aromatic heterocycles. The van der Waals surface area contributed by atoms with E-state index in [-0.39, 0.29) is 4.32 Å². The first-order valence-electron chi connectivity index (χ1n) is 8.06. The van der Waals surface area contributed by atoms with Gasteiger partial charge in [-0.3, -0.25) is 9.69 Å². The van der Waals surface area contributed by atoms with E-state index in [0.717, 1.165) is 33.0 Å². The van der Waals surface area contributed by atoms with Gasteiger partial charge >= 0.3 is 0 Å². The topological polar surface area (TPSA) is 69.7 Å². The van der Waals surface area contributed by atoms with Crippen molar-refractivity contribution in [1.82, 2.24) is 4.90 Å². The van der Waals surface area contributed by atoms with Gasteiger partial charge < -0.3 is 14.6 Å². The van der Waals surface area contributed by atoms with Crippen LogP contribution >= 0.6 is 24.0 Å². The Morgan fingerprint density at radius 3 is 2.77 bits per heavy atom. The van der Waals surface area contributed by atoms with Gasteiger partial charge in [0.15, 0.2) is 0 Å². The molecular formula is C19H16NO4S2-. The van der Waals surface area contributed by atoms with Gasteiger partial charge in [-0.15, -0.1) is 0 Å². The maximum Gasteiger partial charge on any atom is 0.266 e. The zero-order valence-corrected chi connectivity index (χ0v) is 15.9. The highest BCUT2D eigenvalue weighted by Gasteiger charge is 2.36. The summed E-state index contributed by atoms with van der Waals surface area (Å²) >= 11 is 6.27. The van der Waals surface area contributed by atoms with Gasteiger partial charge in [-0.05, 0) is 36.8 Å². The molecule has 2 aromatic rings. The second kappa shape index (κ2) is 7.47. The van der Waals surface area contributed by atoms with Crippen LogP contribution < -0.4 is 9.84 Å². The van der Waals surface area contributed by atoms with Gasteiger partial charge in [0.25, 0.3) is 5.91 Å².